The Morgan fingerprint density at radius 2 is 1.67 bits per heavy atom. The van der Waals surface area contributed by atoms with E-state index in [1.807, 2.05) is 30.3 Å². The number of phenolic OH excluding ortho intramolecular Hbond substituents is 1. The van der Waals surface area contributed by atoms with Crippen LogP contribution in [0.5, 0.6) is 5.75 Å². The summed E-state index contributed by atoms with van der Waals surface area (Å²) in [6.07, 6.45) is 2.47. The van der Waals surface area contributed by atoms with E-state index < -0.39 is 11.4 Å². The van der Waals surface area contributed by atoms with Crippen LogP contribution >= 0.6 is 23.4 Å². The first-order chi connectivity index (χ1) is 17.4. The Kier molecular flexibility index (Phi) is 6.96. The highest BCUT2D eigenvalue weighted by Gasteiger charge is 2.49. The van der Waals surface area contributed by atoms with Crippen LogP contribution in [0, 0.1) is 5.82 Å². The van der Waals surface area contributed by atoms with E-state index in [4.69, 9.17) is 11.6 Å². The van der Waals surface area contributed by atoms with Crippen LogP contribution in [0.25, 0.3) is 11.1 Å². The lowest BCUT2D eigenvalue weighted by atomic mass is 9.92. The minimum absolute atomic E-state index is 0.0680. The molecule has 1 aliphatic rings. The fourth-order valence-corrected chi connectivity index (χ4v) is 5.74. The minimum Gasteiger partial charge on any atom is -0.508 e. The molecule has 1 aliphatic heterocycles. The summed E-state index contributed by atoms with van der Waals surface area (Å²) >= 11 is 7.43. The Bertz CT molecular complexity index is 1370. The van der Waals surface area contributed by atoms with Crippen molar-refractivity contribution in [2.75, 3.05) is 10.7 Å². The number of rotatable bonds is 7. The van der Waals surface area contributed by atoms with Crippen molar-refractivity contribution in [1.29, 1.82) is 0 Å². The van der Waals surface area contributed by atoms with E-state index in [0.29, 0.717) is 10.6 Å². The monoisotopic (exact) mass is 520 g/mol. The molecule has 1 aromatic heterocycles. The van der Waals surface area contributed by atoms with Crippen LogP contribution < -0.4 is 4.90 Å². The number of pyridine rings is 1. The highest BCUT2D eigenvalue weighted by molar-refractivity contribution is 8.00. The van der Waals surface area contributed by atoms with Crippen molar-refractivity contribution in [3.05, 3.63) is 113 Å². The third kappa shape index (κ3) is 4.95. The van der Waals surface area contributed by atoms with Gasteiger partial charge in [-0.05, 0) is 59.2 Å². The Hall–Kier alpha value is -3.39. The fraction of sp³-hybridized carbons (Fsp3) is 0.143. The number of hydrogen-bond donors (Lipinski definition) is 2. The predicted octanol–water partition coefficient (Wildman–Crippen LogP) is 6.17. The number of aromatic hydroxyl groups is 1. The van der Waals surface area contributed by atoms with Crippen LogP contribution in [-0.2, 0) is 4.79 Å². The number of halogens is 2. The minimum atomic E-state index is -0.830. The lowest BCUT2D eigenvalue weighted by molar-refractivity contribution is -0.123. The highest BCUT2D eigenvalue weighted by Crippen LogP contribution is 2.46. The molecule has 2 heterocycles. The van der Waals surface area contributed by atoms with Gasteiger partial charge in [-0.3, -0.25) is 9.78 Å². The van der Waals surface area contributed by atoms with E-state index in [9.17, 15) is 19.4 Å². The van der Waals surface area contributed by atoms with E-state index in [1.165, 1.54) is 23.9 Å². The molecule has 0 bridgehead atoms. The van der Waals surface area contributed by atoms with Crippen LogP contribution in [0.1, 0.15) is 23.3 Å². The van der Waals surface area contributed by atoms with E-state index in [1.54, 1.807) is 53.7 Å². The molecule has 3 aromatic carbocycles. The quantitative estimate of drug-likeness (QED) is 0.285. The summed E-state index contributed by atoms with van der Waals surface area (Å²) in [6, 6.07) is 21.7. The van der Waals surface area contributed by atoms with Gasteiger partial charge in [0.05, 0.1) is 17.2 Å². The number of anilines is 1. The first-order valence-corrected chi connectivity index (χ1v) is 12.7. The van der Waals surface area contributed by atoms with E-state index >= 15 is 0 Å². The molecule has 182 valence electrons. The van der Waals surface area contributed by atoms with Crippen molar-refractivity contribution in [3.63, 3.8) is 0 Å². The second-order valence-corrected chi connectivity index (χ2v) is 10.1. The van der Waals surface area contributed by atoms with Gasteiger partial charge in [0.15, 0.2) is 0 Å². The number of phenols is 1. The van der Waals surface area contributed by atoms with Crippen molar-refractivity contribution in [3.8, 4) is 16.9 Å². The Morgan fingerprint density at radius 3 is 2.33 bits per heavy atom. The largest absolute Gasteiger partial charge is 0.508 e. The maximum absolute atomic E-state index is 13.3. The lowest BCUT2D eigenvalue weighted by Gasteiger charge is -2.47. The Labute approximate surface area is 217 Å². The maximum Gasteiger partial charge on any atom is 0.243 e. The zero-order valence-electron chi connectivity index (χ0n) is 19.0. The molecule has 1 saturated heterocycles. The topological polar surface area (TPSA) is 73.7 Å². The van der Waals surface area contributed by atoms with Gasteiger partial charge in [-0.2, -0.15) is 0 Å². The molecule has 36 heavy (non-hydrogen) atoms. The van der Waals surface area contributed by atoms with Gasteiger partial charge in [-0.15, -0.1) is 11.8 Å². The molecule has 8 heteroatoms. The van der Waals surface area contributed by atoms with Gasteiger partial charge < -0.3 is 15.1 Å². The van der Waals surface area contributed by atoms with Crippen LogP contribution in [0.15, 0.2) is 91.3 Å². The van der Waals surface area contributed by atoms with Crippen LogP contribution in [0.3, 0.4) is 0 Å². The Morgan fingerprint density at radius 1 is 0.972 bits per heavy atom. The molecule has 0 aliphatic carbocycles. The summed E-state index contributed by atoms with van der Waals surface area (Å²) in [5.41, 5.74) is 4.02. The number of thioether (sulfide) groups is 1. The molecular weight excluding hydrogens is 499 g/mol. The van der Waals surface area contributed by atoms with Crippen LogP contribution in [0.2, 0.25) is 5.02 Å². The summed E-state index contributed by atoms with van der Waals surface area (Å²) in [6.45, 7) is 0. The number of β-lactam (4-membered cyclic amide) rings is 1. The van der Waals surface area contributed by atoms with Crippen LogP contribution in [0.4, 0.5) is 10.1 Å². The first-order valence-electron chi connectivity index (χ1n) is 11.3. The first kappa shape index (κ1) is 24.3. The van der Waals surface area contributed by atoms with Gasteiger partial charge in [0, 0.05) is 29.4 Å². The van der Waals surface area contributed by atoms with E-state index in [0.717, 1.165) is 22.4 Å². The molecule has 5 nitrogen and oxygen atoms in total. The average molecular weight is 521 g/mol. The number of carbonyl (C=O) groups is 1. The van der Waals surface area contributed by atoms with Gasteiger partial charge in [-0.1, -0.05) is 48.0 Å². The summed E-state index contributed by atoms with van der Waals surface area (Å²) in [5, 5.41) is 20.5. The van der Waals surface area contributed by atoms with Crippen molar-refractivity contribution >= 4 is 35.0 Å². The van der Waals surface area contributed by atoms with Gasteiger partial charge in [0.25, 0.3) is 0 Å². The number of aliphatic hydroxyl groups excluding tert-OH is 1. The molecular formula is C28H22ClFN2O3S. The molecule has 1 fully saturated rings. The number of aliphatic hydroxyl groups is 1. The van der Waals surface area contributed by atoms with Crippen molar-refractivity contribution < 1.29 is 19.4 Å². The number of nitrogens with zero attached hydrogens (tertiary/aromatic N) is 2. The number of hydrogen-bond acceptors (Lipinski definition) is 5. The number of carbonyl (C=O) groups excluding carboxylic acids is 1. The van der Waals surface area contributed by atoms with Gasteiger partial charge in [-0.25, -0.2) is 4.39 Å². The number of amides is 1. The summed E-state index contributed by atoms with van der Waals surface area (Å²) in [5.74, 6) is -0.00749. The molecule has 0 unspecified atom stereocenters. The summed E-state index contributed by atoms with van der Waals surface area (Å²) in [7, 11) is 0. The SMILES string of the molecule is O=C1[C@H](SC[C@@H](O)c2ccc(F)cc2)[C@@H](c2ccc(O)cc2)N1c1ccc(-c2cncc(Cl)c2)cc1. The molecule has 3 atom stereocenters. The maximum atomic E-state index is 13.3. The number of benzene rings is 3. The fourth-order valence-electron chi connectivity index (χ4n) is 4.27. The third-order valence-electron chi connectivity index (χ3n) is 6.15. The van der Waals surface area contributed by atoms with Crippen molar-refractivity contribution in [1.82, 2.24) is 4.98 Å². The van der Waals surface area contributed by atoms with Gasteiger partial charge in [0.1, 0.15) is 16.8 Å². The van der Waals surface area contributed by atoms with Crippen molar-refractivity contribution in [2.24, 2.45) is 0 Å². The lowest BCUT2D eigenvalue weighted by Crippen LogP contribution is -2.57. The van der Waals surface area contributed by atoms with Crippen LogP contribution in [-0.4, -0.2) is 32.1 Å². The number of aromatic nitrogens is 1. The second-order valence-electron chi connectivity index (χ2n) is 8.50. The normalized spacial score (nSPS) is 18.1. The molecule has 0 spiro atoms. The molecule has 2 N–H and O–H groups in total. The smallest absolute Gasteiger partial charge is 0.243 e. The standard InChI is InChI=1S/C28H22ClFN2O3S/c29-21-13-20(14-31-15-21)17-3-9-23(10-4-17)32-26(19-5-11-24(33)12-6-19)27(28(32)35)36-16-25(34)18-1-7-22(30)8-2-18/h1-15,25-27,33-34H,16H2/t25-,26-,27-/m1/s1. The van der Waals surface area contributed by atoms with Gasteiger partial charge in [0.2, 0.25) is 5.91 Å². The predicted molar refractivity (Wildman–Crippen MR) is 141 cm³/mol. The molecule has 1 amide bonds. The molecule has 0 radical (unpaired) electrons. The Balaban J connectivity index is 1.37. The molecule has 5 rings (SSSR count). The summed E-state index contributed by atoms with van der Waals surface area (Å²) < 4.78 is 13.2. The highest BCUT2D eigenvalue weighted by atomic mass is 35.5. The van der Waals surface area contributed by atoms with Crippen molar-refractivity contribution in [2.45, 2.75) is 17.4 Å². The van der Waals surface area contributed by atoms with E-state index in [-0.39, 0.29) is 29.3 Å². The molecule has 0 saturated carbocycles. The third-order valence-corrected chi connectivity index (χ3v) is 7.69. The van der Waals surface area contributed by atoms with Gasteiger partial charge >= 0.3 is 0 Å². The van der Waals surface area contributed by atoms with E-state index in [2.05, 4.69) is 4.98 Å². The second kappa shape index (κ2) is 10.3. The zero-order chi connectivity index (χ0) is 25.2. The average Bonchev–Trinajstić information content (AvgIpc) is 2.88. The summed E-state index contributed by atoms with van der Waals surface area (Å²) in [4.78, 5) is 19.2. The zero-order valence-corrected chi connectivity index (χ0v) is 20.5. The molecule has 4 aromatic rings.